The molecule has 1 aliphatic heterocycles. The Labute approximate surface area is 129 Å². The number of piperazine rings is 1. The second-order valence-corrected chi connectivity index (χ2v) is 5.60. The van der Waals surface area contributed by atoms with Gasteiger partial charge in [0.1, 0.15) is 0 Å². The van der Waals surface area contributed by atoms with Crippen molar-refractivity contribution in [3.63, 3.8) is 0 Å². The van der Waals surface area contributed by atoms with Crippen molar-refractivity contribution in [3.8, 4) is 0 Å². The number of aromatic nitrogens is 1. The van der Waals surface area contributed by atoms with Gasteiger partial charge in [0.15, 0.2) is 0 Å². The van der Waals surface area contributed by atoms with Crippen molar-refractivity contribution in [2.75, 3.05) is 26.7 Å². The lowest BCUT2D eigenvalue weighted by Gasteiger charge is -2.39. The first-order valence-electron chi connectivity index (χ1n) is 7.38. The first-order valence-corrected chi connectivity index (χ1v) is 7.38. The van der Waals surface area contributed by atoms with Crippen LogP contribution in [-0.4, -0.2) is 47.4 Å². The maximum atomic E-state index is 12.6. The van der Waals surface area contributed by atoms with Gasteiger partial charge in [0, 0.05) is 31.9 Å². The van der Waals surface area contributed by atoms with E-state index in [1.54, 1.807) is 6.07 Å². The van der Waals surface area contributed by atoms with Crippen LogP contribution in [0.15, 0.2) is 53.5 Å². The number of aromatic amines is 1. The number of nitrogens with one attached hydrogen (secondary N) is 1. The summed E-state index contributed by atoms with van der Waals surface area (Å²) < 4.78 is 0. The minimum Gasteiger partial charge on any atom is -0.335 e. The Balaban J connectivity index is 1.79. The normalized spacial score (nSPS) is 19.1. The third-order valence-electron chi connectivity index (χ3n) is 4.15. The fraction of sp³-hybridized carbons (Fsp3) is 0.294. The molecule has 0 spiro atoms. The lowest BCUT2D eigenvalue weighted by Crippen LogP contribution is -2.49. The molecule has 0 saturated carbocycles. The molecule has 1 aliphatic rings. The molecule has 1 saturated heterocycles. The molecule has 1 aromatic carbocycles. The van der Waals surface area contributed by atoms with Crippen molar-refractivity contribution in [1.82, 2.24) is 14.8 Å². The van der Waals surface area contributed by atoms with Gasteiger partial charge in [-0.1, -0.05) is 30.3 Å². The molecule has 3 rings (SSSR count). The molecule has 1 amide bonds. The molecular weight excluding hydrogens is 278 g/mol. The molecule has 1 fully saturated rings. The standard InChI is InChI=1S/C17H19N3O2/c1-19-9-10-20(12-15(19)13-5-3-2-4-6-13)17(22)14-7-8-16(21)18-11-14/h2-8,11,15H,9-10,12H2,1H3,(H,18,21)/t15-/m1/s1. The molecule has 114 valence electrons. The number of carbonyl (C=O) groups excluding carboxylic acids is 1. The summed E-state index contributed by atoms with van der Waals surface area (Å²) in [6, 6.07) is 13.4. The Bertz CT molecular complexity index is 691. The molecule has 5 nitrogen and oxygen atoms in total. The molecule has 1 aromatic heterocycles. The molecule has 0 radical (unpaired) electrons. The summed E-state index contributed by atoms with van der Waals surface area (Å²) in [5.74, 6) is -0.0368. The lowest BCUT2D eigenvalue weighted by atomic mass is 10.0. The van der Waals surface area contributed by atoms with Crippen LogP contribution >= 0.6 is 0 Å². The fourth-order valence-electron chi connectivity index (χ4n) is 2.82. The van der Waals surface area contributed by atoms with E-state index in [0.29, 0.717) is 18.7 Å². The minimum atomic E-state index is -0.197. The second kappa shape index (κ2) is 6.15. The number of hydrogen-bond acceptors (Lipinski definition) is 3. The molecule has 1 N–H and O–H groups in total. The predicted octanol–water partition coefficient (Wildman–Crippen LogP) is 1.50. The van der Waals surface area contributed by atoms with E-state index in [2.05, 4.69) is 29.1 Å². The molecule has 0 unspecified atom stereocenters. The highest BCUT2D eigenvalue weighted by Crippen LogP contribution is 2.24. The quantitative estimate of drug-likeness (QED) is 0.914. The van der Waals surface area contributed by atoms with Crippen LogP contribution in [0.4, 0.5) is 0 Å². The molecule has 22 heavy (non-hydrogen) atoms. The zero-order valence-corrected chi connectivity index (χ0v) is 12.5. The van der Waals surface area contributed by atoms with Gasteiger partial charge >= 0.3 is 0 Å². The van der Waals surface area contributed by atoms with E-state index in [-0.39, 0.29) is 17.5 Å². The van der Waals surface area contributed by atoms with Crippen LogP contribution in [0.5, 0.6) is 0 Å². The third-order valence-corrected chi connectivity index (χ3v) is 4.15. The Morgan fingerprint density at radius 2 is 1.91 bits per heavy atom. The summed E-state index contributed by atoms with van der Waals surface area (Å²) in [6.07, 6.45) is 1.49. The first-order chi connectivity index (χ1) is 10.6. The van der Waals surface area contributed by atoms with E-state index < -0.39 is 0 Å². The predicted molar refractivity (Wildman–Crippen MR) is 84.8 cm³/mol. The van der Waals surface area contributed by atoms with Crippen LogP contribution < -0.4 is 5.56 Å². The monoisotopic (exact) mass is 297 g/mol. The summed E-state index contributed by atoms with van der Waals surface area (Å²) in [5, 5.41) is 0. The number of H-pyrrole nitrogens is 1. The van der Waals surface area contributed by atoms with Crippen molar-refractivity contribution in [1.29, 1.82) is 0 Å². The van der Waals surface area contributed by atoms with Crippen molar-refractivity contribution in [2.24, 2.45) is 0 Å². The van der Waals surface area contributed by atoms with Gasteiger partial charge in [0.05, 0.1) is 11.6 Å². The first kappa shape index (κ1) is 14.5. The number of pyridine rings is 1. The number of nitrogens with zero attached hydrogens (tertiary/aromatic N) is 2. The minimum absolute atomic E-state index is 0.0368. The highest BCUT2D eigenvalue weighted by atomic mass is 16.2. The van der Waals surface area contributed by atoms with Crippen LogP contribution in [-0.2, 0) is 0 Å². The van der Waals surface area contributed by atoms with E-state index >= 15 is 0 Å². The number of likely N-dealkylation sites (N-methyl/N-ethyl adjacent to an activating group) is 1. The Morgan fingerprint density at radius 1 is 1.14 bits per heavy atom. The summed E-state index contributed by atoms with van der Waals surface area (Å²) in [7, 11) is 2.08. The van der Waals surface area contributed by atoms with Crippen molar-refractivity contribution < 1.29 is 4.79 Å². The Hall–Kier alpha value is -2.40. The van der Waals surface area contributed by atoms with E-state index in [1.807, 2.05) is 23.1 Å². The third kappa shape index (κ3) is 2.94. The number of carbonyl (C=O) groups is 1. The topological polar surface area (TPSA) is 56.4 Å². The lowest BCUT2D eigenvalue weighted by molar-refractivity contribution is 0.0546. The molecule has 0 bridgehead atoms. The van der Waals surface area contributed by atoms with Crippen LogP contribution in [0.1, 0.15) is 22.0 Å². The van der Waals surface area contributed by atoms with E-state index in [9.17, 15) is 9.59 Å². The SMILES string of the molecule is CN1CCN(C(=O)c2ccc(=O)[nH]c2)C[C@@H]1c1ccccc1. The maximum absolute atomic E-state index is 12.6. The van der Waals surface area contributed by atoms with E-state index in [0.717, 1.165) is 6.54 Å². The molecular formula is C17H19N3O2. The van der Waals surface area contributed by atoms with Gasteiger partial charge in [-0.25, -0.2) is 0 Å². The Morgan fingerprint density at radius 3 is 2.59 bits per heavy atom. The summed E-state index contributed by atoms with van der Waals surface area (Å²) in [5.41, 5.74) is 1.54. The van der Waals surface area contributed by atoms with Crippen LogP contribution in [0.3, 0.4) is 0 Å². The van der Waals surface area contributed by atoms with Gasteiger partial charge in [-0.2, -0.15) is 0 Å². The number of amides is 1. The average molecular weight is 297 g/mol. The highest BCUT2D eigenvalue weighted by molar-refractivity contribution is 5.94. The molecule has 2 aromatic rings. The Kier molecular flexibility index (Phi) is 4.06. The van der Waals surface area contributed by atoms with Crippen LogP contribution in [0, 0.1) is 0 Å². The largest absolute Gasteiger partial charge is 0.335 e. The summed E-state index contributed by atoms with van der Waals surface area (Å²) in [4.78, 5) is 30.4. The smallest absolute Gasteiger partial charge is 0.255 e. The maximum Gasteiger partial charge on any atom is 0.255 e. The number of rotatable bonds is 2. The summed E-state index contributed by atoms with van der Waals surface area (Å²) in [6.45, 7) is 2.17. The van der Waals surface area contributed by atoms with Crippen molar-refractivity contribution in [3.05, 3.63) is 70.1 Å². The zero-order chi connectivity index (χ0) is 15.5. The van der Waals surface area contributed by atoms with E-state index in [4.69, 9.17) is 0 Å². The molecule has 5 heteroatoms. The van der Waals surface area contributed by atoms with Crippen molar-refractivity contribution in [2.45, 2.75) is 6.04 Å². The number of hydrogen-bond donors (Lipinski definition) is 1. The van der Waals surface area contributed by atoms with Crippen LogP contribution in [0.2, 0.25) is 0 Å². The van der Waals surface area contributed by atoms with Gasteiger partial charge in [-0.05, 0) is 18.7 Å². The average Bonchev–Trinajstić information content (AvgIpc) is 2.56. The summed E-state index contributed by atoms with van der Waals surface area (Å²) >= 11 is 0. The molecule has 1 atom stereocenters. The molecule has 2 heterocycles. The van der Waals surface area contributed by atoms with Gasteiger partial charge in [-0.15, -0.1) is 0 Å². The van der Waals surface area contributed by atoms with E-state index in [1.165, 1.54) is 17.8 Å². The van der Waals surface area contributed by atoms with Gasteiger partial charge < -0.3 is 9.88 Å². The number of benzene rings is 1. The highest BCUT2D eigenvalue weighted by Gasteiger charge is 2.28. The molecule has 0 aliphatic carbocycles. The second-order valence-electron chi connectivity index (χ2n) is 5.60. The van der Waals surface area contributed by atoms with Crippen molar-refractivity contribution >= 4 is 5.91 Å². The van der Waals surface area contributed by atoms with Crippen LogP contribution in [0.25, 0.3) is 0 Å². The van der Waals surface area contributed by atoms with Gasteiger partial charge in [0.2, 0.25) is 5.56 Å². The fourth-order valence-corrected chi connectivity index (χ4v) is 2.82. The van der Waals surface area contributed by atoms with Gasteiger partial charge in [-0.3, -0.25) is 14.5 Å². The zero-order valence-electron chi connectivity index (χ0n) is 12.5. The van der Waals surface area contributed by atoms with Gasteiger partial charge in [0.25, 0.3) is 5.91 Å².